The predicted octanol–water partition coefficient (Wildman–Crippen LogP) is 2.51. The van der Waals surface area contributed by atoms with Crippen LogP contribution in [0.1, 0.15) is 11.1 Å². The average molecular weight is 355 g/mol. The van der Waals surface area contributed by atoms with Crippen molar-refractivity contribution in [1.82, 2.24) is 10.6 Å². The van der Waals surface area contributed by atoms with E-state index in [0.717, 1.165) is 28.4 Å². The van der Waals surface area contributed by atoms with Crippen LogP contribution in [0.4, 0.5) is 0 Å². The number of aliphatic imine (C=N–C) groups is 1. The fraction of sp³-hybridized carbons (Fsp3) is 0.350. The highest BCUT2D eigenvalue weighted by molar-refractivity contribution is 5.79. The lowest BCUT2D eigenvalue weighted by Gasteiger charge is -2.27. The molecule has 138 valence electrons. The number of para-hydroxylation sites is 2. The van der Waals surface area contributed by atoms with Crippen LogP contribution in [0.2, 0.25) is 0 Å². The van der Waals surface area contributed by atoms with Crippen LogP contribution in [0.15, 0.2) is 47.5 Å². The highest BCUT2D eigenvalue weighted by Gasteiger charge is 2.20. The number of hydrogen-bond donors (Lipinski definition) is 2. The Morgan fingerprint density at radius 1 is 1.19 bits per heavy atom. The summed E-state index contributed by atoms with van der Waals surface area (Å²) in [6.07, 6.45) is -0.0667. The van der Waals surface area contributed by atoms with Gasteiger partial charge in [-0.3, -0.25) is 4.99 Å². The van der Waals surface area contributed by atoms with E-state index < -0.39 is 0 Å². The van der Waals surface area contributed by atoms with Gasteiger partial charge < -0.3 is 24.8 Å². The van der Waals surface area contributed by atoms with Crippen molar-refractivity contribution in [1.29, 1.82) is 0 Å². The number of aryl methyl sites for hydroxylation is 1. The second-order valence-electron chi connectivity index (χ2n) is 6.11. The number of nitrogens with one attached hydrogen (secondary N) is 2. The number of guanidine groups is 1. The molecular weight excluding hydrogens is 330 g/mol. The van der Waals surface area contributed by atoms with Crippen molar-refractivity contribution in [3.05, 3.63) is 53.6 Å². The van der Waals surface area contributed by atoms with Gasteiger partial charge in [-0.2, -0.15) is 0 Å². The molecular formula is C20H25N3O3. The maximum atomic E-state index is 5.95. The molecule has 0 saturated heterocycles. The van der Waals surface area contributed by atoms with Crippen LogP contribution < -0.4 is 24.8 Å². The van der Waals surface area contributed by atoms with Crippen molar-refractivity contribution in [3.63, 3.8) is 0 Å². The Balaban J connectivity index is 1.50. The molecule has 0 aromatic heterocycles. The molecule has 0 aliphatic carbocycles. The van der Waals surface area contributed by atoms with Crippen LogP contribution in [-0.4, -0.2) is 39.4 Å². The Labute approximate surface area is 154 Å². The molecule has 0 fully saturated rings. The van der Waals surface area contributed by atoms with Gasteiger partial charge >= 0.3 is 0 Å². The summed E-state index contributed by atoms with van der Waals surface area (Å²) >= 11 is 0. The van der Waals surface area contributed by atoms with Gasteiger partial charge in [0.25, 0.3) is 0 Å². The zero-order valence-corrected chi connectivity index (χ0v) is 15.4. The second-order valence-corrected chi connectivity index (χ2v) is 6.11. The van der Waals surface area contributed by atoms with Crippen molar-refractivity contribution < 1.29 is 14.2 Å². The van der Waals surface area contributed by atoms with Crippen molar-refractivity contribution in [2.75, 3.05) is 27.3 Å². The third kappa shape index (κ3) is 4.39. The molecule has 0 saturated carbocycles. The lowest BCUT2D eigenvalue weighted by atomic mass is 10.1. The van der Waals surface area contributed by atoms with Gasteiger partial charge in [-0.25, -0.2) is 0 Å². The second kappa shape index (κ2) is 8.47. The molecule has 1 heterocycles. The van der Waals surface area contributed by atoms with Gasteiger partial charge in [0.1, 0.15) is 18.5 Å². The first kappa shape index (κ1) is 17.9. The Morgan fingerprint density at radius 3 is 2.77 bits per heavy atom. The highest BCUT2D eigenvalue weighted by Crippen LogP contribution is 2.30. The van der Waals surface area contributed by atoms with E-state index in [0.29, 0.717) is 25.7 Å². The molecule has 0 bridgehead atoms. The number of nitrogens with zero attached hydrogens (tertiary/aromatic N) is 1. The van der Waals surface area contributed by atoms with Crippen molar-refractivity contribution in [2.45, 2.75) is 19.6 Å². The standard InChI is InChI=1S/C20H25N3O3/c1-14-8-9-15(10-19(14)24-3)11-22-20(21-2)23-12-16-13-25-17-6-4-5-7-18(17)26-16/h4-10,16H,11-13H2,1-3H3,(H2,21,22,23). The quantitative estimate of drug-likeness (QED) is 0.637. The first-order valence-corrected chi connectivity index (χ1v) is 8.66. The number of fused-ring (bicyclic) bond motifs is 1. The molecule has 6 heteroatoms. The van der Waals surface area contributed by atoms with E-state index in [9.17, 15) is 0 Å². The number of hydrogen-bond acceptors (Lipinski definition) is 4. The molecule has 2 aromatic rings. The minimum Gasteiger partial charge on any atom is -0.496 e. The maximum Gasteiger partial charge on any atom is 0.191 e. The van der Waals surface area contributed by atoms with Gasteiger partial charge in [-0.15, -0.1) is 0 Å². The Bertz CT molecular complexity index is 777. The summed E-state index contributed by atoms with van der Waals surface area (Å²) in [5.74, 6) is 3.17. The Hall–Kier alpha value is -2.89. The maximum absolute atomic E-state index is 5.95. The lowest BCUT2D eigenvalue weighted by Crippen LogP contribution is -2.45. The minimum atomic E-state index is -0.0667. The van der Waals surface area contributed by atoms with E-state index in [-0.39, 0.29) is 6.10 Å². The van der Waals surface area contributed by atoms with Crippen molar-refractivity contribution in [3.8, 4) is 17.2 Å². The zero-order chi connectivity index (χ0) is 18.4. The highest BCUT2D eigenvalue weighted by atomic mass is 16.6. The molecule has 26 heavy (non-hydrogen) atoms. The summed E-state index contributed by atoms with van der Waals surface area (Å²) in [5.41, 5.74) is 2.25. The van der Waals surface area contributed by atoms with E-state index in [1.165, 1.54) is 0 Å². The van der Waals surface area contributed by atoms with Crippen molar-refractivity contribution >= 4 is 5.96 Å². The van der Waals surface area contributed by atoms with Crippen LogP contribution in [0, 0.1) is 6.92 Å². The summed E-state index contributed by atoms with van der Waals surface area (Å²) in [5, 5.41) is 6.58. The molecule has 1 unspecified atom stereocenters. The summed E-state index contributed by atoms with van der Waals surface area (Å²) in [6.45, 7) is 3.80. The van der Waals surface area contributed by atoms with Gasteiger partial charge in [0, 0.05) is 13.6 Å². The lowest BCUT2D eigenvalue weighted by molar-refractivity contribution is 0.0936. The molecule has 6 nitrogen and oxygen atoms in total. The number of ether oxygens (including phenoxy) is 3. The molecule has 1 aliphatic heterocycles. The molecule has 0 spiro atoms. The van der Waals surface area contributed by atoms with Crippen LogP contribution in [-0.2, 0) is 6.54 Å². The third-order valence-electron chi connectivity index (χ3n) is 4.22. The van der Waals surface area contributed by atoms with E-state index in [4.69, 9.17) is 14.2 Å². The topological polar surface area (TPSA) is 64.1 Å². The fourth-order valence-electron chi connectivity index (χ4n) is 2.75. The molecule has 2 N–H and O–H groups in total. The van der Waals surface area contributed by atoms with E-state index in [2.05, 4.69) is 27.8 Å². The fourth-order valence-corrected chi connectivity index (χ4v) is 2.75. The summed E-state index contributed by atoms with van der Waals surface area (Å²) in [6, 6.07) is 13.9. The first-order valence-electron chi connectivity index (χ1n) is 8.66. The largest absolute Gasteiger partial charge is 0.496 e. The van der Waals surface area contributed by atoms with Crippen LogP contribution >= 0.6 is 0 Å². The van der Waals surface area contributed by atoms with Gasteiger partial charge in [-0.05, 0) is 36.2 Å². The summed E-state index contributed by atoms with van der Waals surface area (Å²) in [7, 11) is 3.43. The van der Waals surface area contributed by atoms with Crippen LogP contribution in [0.5, 0.6) is 17.2 Å². The van der Waals surface area contributed by atoms with Gasteiger partial charge in [0.05, 0.1) is 13.7 Å². The molecule has 3 rings (SSSR count). The first-order chi connectivity index (χ1) is 12.7. The smallest absolute Gasteiger partial charge is 0.191 e. The average Bonchev–Trinajstić information content (AvgIpc) is 2.69. The minimum absolute atomic E-state index is 0.0667. The van der Waals surface area contributed by atoms with Gasteiger partial charge in [0.2, 0.25) is 0 Å². The van der Waals surface area contributed by atoms with Gasteiger partial charge in [0.15, 0.2) is 17.5 Å². The van der Waals surface area contributed by atoms with E-state index in [1.807, 2.05) is 37.3 Å². The van der Waals surface area contributed by atoms with Gasteiger partial charge in [-0.1, -0.05) is 24.3 Å². The third-order valence-corrected chi connectivity index (χ3v) is 4.22. The van der Waals surface area contributed by atoms with E-state index in [1.54, 1.807) is 14.2 Å². The number of rotatable bonds is 5. The normalized spacial score (nSPS) is 16.1. The number of methoxy groups -OCH3 is 1. The molecule has 0 radical (unpaired) electrons. The predicted molar refractivity (Wildman–Crippen MR) is 102 cm³/mol. The number of benzene rings is 2. The molecule has 1 atom stereocenters. The summed E-state index contributed by atoms with van der Waals surface area (Å²) in [4.78, 5) is 4.26. The molecule has 0 amide bonds. The Morgan fingerprint density at radius 2 is 2.00 bits per heavy atom. The van der Waals surface area contributed by atoms with Crippen LogP contribution in [0.3, 0.4) is 0 Å². The summed E-state index contributed by atoms with van der Waals surface area (Å²) < 4.78 is 17.0. The molecule has 2 aromatic carbocycles. The SMILES string of the molecule is CN=C(NCc1ccc(C)c(OC)c1)NCC1COc2ccccc2O1. The van der Waals surface area contributed by atoms with Crippen molar-refractivity contribution in [2.24, 2.45) is 4.99 Å². The molecule has 1 aliphatic rings. The zero-order valence-electron chi connectivity index (χ0n) is 15.4. The Kier molecular flexibility index (Phi) is 5.84. The van der Waals surface area contributed by atoms with Crippen LogP contribution in [0.25, 0.3) is 0 Å². The van der Waals surface area contributed by atoms with E-state index >= 15 is 0 Å². The monoisotopic (exact) mass is 355 g/mol.